The molecule has 1 amide bonds. The Morgan fingerprint density at radius 3 is 2.86 bits per heavy atom. The molecule has 0 fully saturated rings. The molecular formula is C14H14N6O2. The lowest BCUT2D eigenvalue weighted by molar-refractivity contribution is 0.0962. The highest BCUT2D eigenvalue weighted by atomic mass is 16.5. The fourth-order valence-corrected chi connectivity index (χ4v) is 2.08. The first-order valence-corrected chi connectivity index (χ1v) is 6.64. The van der Waals surface area contributed by atoms with Crippen molar-refractivity contribution < 1.29 is 9.32 Å². The third kappa shape index (κ3) is 2.34. The van der Waals surface area contributed by atoms with E-state index in [1.807, 2.05) is 6.92 Å². The van der Waals surface area contributed by atoms with E-state index in [1.165, 1.54) is 6.20 Å². The molecule has 0 atom stereocenters. The number of hydrogen-bond donors (Lipinski definition) is 1. The van der Waals surface area contributed by atoms with Crippen molar-refractivity contribution in [2.24, 2.45) is 0 Å². The number of aryl methyl sites for hydroxylation is 1. The number of hydrogen-bond acceptors (Lipinski definition) is 6. The van der Waals surface area contributed by atoms with Gasteiger partial charge in [-0.2, -0.15) is 10.1 Å². The van der Waals surface area contributed by atoms with Crippen molar-refractivity contribution in [3.05, 3.63) is 41.6 Å². The lowest BCUT2D eigenvalue weighted by atomic mass is 10.2. The van der Waals surface area contributed by atoms with E-state index in [0.717, 1.165) is 5.56 Å². The summed E-state index contributed by atoms with van der Waals surface area (Å²) in [5.41, 5.74) is 1.94. The van der Waals surface area contributed by atoms with Crippen molar-refractivity contribution in [3.63, 3.8) is 0 Å². The van der Waals surface area contributed by atoms with Gasteiger partial charge in [0.05, 0.1) is 17.5 Å². The zero-order chi connectivity index (χ0) is 15.7. The van der Waals surface area contributed by atoms with Crippen LogP contribution >= 0.6 is 0 Å². The fraction of sp³-hybridized carbons (Fsp3) is 0.214. The summed E-state index contributed by atoms with van der Waals surface area (Å²) >= 11 is 0. The number of amides is 1. The Bertz CT molecular complexity index is 835. The average molecular weight is 298 g/mol. The molecule has 112 valence electrons. The van der Waals surface area contributed by atoms with Crippen LogP contribution in [-0.4, -0.2) is 37.9 Å². The monoisotopic (exact) mass is 298 g/mol. The molecule has 0 aliphatic carbocycles. The average Bonchev–Trinajstić information content (AvgIpc) is 3.13. The molecule has 0 radical (unpaired) electrons. The van der Waals surface area contributed by atoms with E-state index in [2.05, 4.69) is 25.5 Å². The van der Waals surface area contributed by atoms with Crippen molar-refractivity contribution in [3.8, 4) is 17.3 Å². The number of pyridine rings is 1. The molecule has 3 aromatic rings. The van der Waals surface area contributed by atoms with Crippen LogP contribution in [-0.2, 0) is 0 Å². The number of rotatable bonds is 3. The van der Waals surface area contributed by atoms with Crippen LogP contribution in [0.25, 0.3) is 17.3 Å². The van der Waals surface area contributed by atoms with Crippen molar-refractivity contribution in [2.45, 2.75) is 13.8 Å². The maximum Gasteiger partial charge on any atom is 0.258 e. The van der Waals surface area contributed by atoms with Gasteiger partial charge in [-0.05, 0) is 26.0 Å². The summed E-state index contributed by atoms with van der Waals surface area (Å²) in [5, 5.41) is 10.6. The highest BCUT2D eigenvalue weighted by molar-refractivity contribution is 5.94. The summed E-state index contributed by atoms with van der Waals surface area (Å²) in [5.74, 6) is 1.36. The molecule has 8 heteroatoms. The van der Waals surface area contributed by atoms with Gasteiger partial charge in [0.2, 0.25) is 0 Å². The van der Waals surface area contributed by atoms with Gasteiger partial charge in [-0.25, -0.2) is 9.67 Å². The summed E-state index contributed by atoms with van der Waals surface area (Å²) in [6.07, 6.45) is 3.14. The SMILES string of the molecule is CNC(=O)c1cnn(-c2cc(-c3nc(C)no3)ccn2)c1C. The Morgan fingerprint density at radius 2 is 2.18 bits per heavy atom. The molecule has 0 spiro atoms. The van der Waals surface area contributed by atoms with Crippen LogP contribution in [0.1, 0.15) is 21.9 Å². The van der Waals surface area contributed by atoms with Crippen molar-refractivity contribution >= 4 is 5.91 Å². The van der Waals surface area contributed by atoms with Crippen LogP contribution in [0.5, 0.6) is 0 Å². The van der Waals surface area contributed by atoms with E-state index in [-0.39, 0.29) is 5.91 Å². The summed E-state index contributed by atoms with van der Waals surface area (Å²) in [4.78, 5) is 20.2. The number of carbonyl (C=O) groups is 1. The van der Waals surface area contributed by atoms with E-state index < -0.39 is 0 Å². The minimum absolute atomic E-state index is 0.188. The van der Waals surface area contributed by atoms with E-state index in [4.69, 9.17) is 4.52 Å². The molecule has 3 aromatic heterocycles. The third-order valence-electron chi connectivity index (χ3n) is 3.22. The second-order valence-electron chi connectivity index (χ2n) is 4.68. The Hall–Kier alpha value is -3.03. The van der Waals surface area contributed by atoms with Crippen molar-refractivity contribution in [2.75, 3.05) is 7.05 Å². The van der Waals surface area contributed by atoms with E-state index in [9.17, 15) is 4.79 Å². The Labute approximate surface area is 126 Å². The highest BCUT2D eigenvalue weighted by Crippen LogP contribution is 2.20. The van der Waals surface area contributed by atoms with Crippen LogP contribution in [0.3, 0.4) is 0 Å². The van der Waals surface area contributed by atoms with Crippen LogP contribution in [0.4, 0.5) is 0 Å². The minimum Gasteiger partial charge on any atom is -0.355 e. The molecule has 0 aliphatic heterocycles. The van der Waals surface area contributed by atoms with Crippen LogP contribution in [0.2, 0.25) is 0 Å². The predicted molar refractivity (Wildman–Crippen MR) is 77.5 cm³/mol. The van der Waals surface area contributed by atoms with Gasteiger partial charge in [-0.15, -0.1) is 0 Å². The van der Waals surface area contributed by atoms with Crippen LogP contribution in [0, 0.1) is 13.8 Å². The van der Waals surface area contributed by atoms with Gasteiger partial charge in [0.25, 0.3) is 11.8 Å². The lowest BCUT2D eigenvalue weighted by Crippen LogP contribution is -2.18. The number of carbonyl (C=O) groups excluding carboxylic acids is 1. The molecule has 0 saturated heterocycles. The summed E-state index contributed by atoms with van der Waals surface area (Å²) in [6, 6.07) is 3.55. The highest BCUT2D eigenvalue weighted by Gasteiger charge is 2.15. The standard InChI is InChI=1S/C14H14N6O2/c1-8-11(13(21)15-3)7-17-20(8)12-6-10(4-5-16-12)14-18-9(2)19-22-14/h4-7H,1-3H3,(H,15,21). The first-order chi connectivity index (χ1) is 10.6. The quantitative estimate of drug-likeness (QED) is 0.782. The minimum atomic E-state index is -0.188. The predicted octanol–water partition coefficient (Wildman–Crippen LogP) is 1.29. The van der Waals surface area contributed by atoms with E-state index in [1.54, 1.807) is 37.0 Å². The van der Waals surface area contributed by atoms with Crippen molar-refractivity contribution in [1.82, 2.24) is 30.2 Å². The summed E-state index contributed by atoms with van der Waals surface area (Å²) in [7, 11) is 1.58. The molecule has 0 unspecified atom stereocenters. The number of nitrogens with one attached hydrogen (secondary N) is 1. The number of nitrogens with zero attached hydrogens (tertiary/aromatic N) is 5. The Kier molecular flexibility index (Phi) is 3.42. The van der Waals surface area contributed by atoms with E-state index >= 15 is 0 Å². The molecule has 8 nitrogen and oxygen atoms in total. The maximum atomic E-state index is 11.8. The molecule has 1 N–H and O–H groups in total. The number of aromatic nitrogens is 5. The zero-order valence-corrected chi connectivity index (χ0v) is 12.4. The van der Waals surface area contributed by atoms with Gasteiger partial charge >= 0.3 is 0 Å². The molecule has 0 saturated carbocycles. The first-order valence-electron chi connectivity index (χ1n) is 6.64. The molecule has 0 bridgehead atoms. The normalized spacial score (nSPS) is 10.7. The smallest absolute Gasteiger partial charge is 0.258 e. The molecule has 3 rings (SSSR count). The zero-order valence-electron chi connectivity index (χ0n) is 12.4. The molecule has 22 heavy (non-hydrogen) atoms. The van der Waals surface area contributed by atoms with Gasteiger partial charge in [0.15, 0.2) is 11.6 Å². The maximum absolute atomic E-state index is 11.8. The van der Waals surface area contributed by atoms with E-state index in [0.29, 0.717) is 28.8 Å². The second-order valence-corrected chi connectivity index (χ2v) is 4.68. The molecule has 3 heterocycles. The van der Waals surface area contributed by atoms with Gasteiger partial charge < -0.3 is 9.84 Å². The topological polar surface area (TPSA) is 98.7 Å². The second kappa shape index (κ2) is 5.40. The van der Waals surface area contributed by atoms with Crippen LogP contribution < -0.4 is 5.32 Å². The van der Waals surface area contributed by atoms with Crippen LogP contribution in [0.15, 0.2) is 29.0 Å². The Morgan fingerprint density at radius 1 is 1.36 bits per heavy atom. The summed E-state index contributed by atoms with van der Waals surface area (Å²) in [6.45, 7) is 3.56. The van der Waals surface area contributed by atoms with Gasteiger partial charge in [-0.3, -0.25) is 4.79 Å². The third-order valence-corrected chi connectivity index (χ3v) is 3.22. The molecule has 0 aliphatic rings. The van der Waals surface area contributed by atoms with Gasteiger partial charge in [-0.1, -0.05) is 5.16 Å². The summed E-state index contributed by atoms with van der Waals surface area (Å²) < 4.78 is 6.74. The largest absolute Gasteiger partial charge is 0.355 e. The lowest BCUT2D eigenvalue weighted by Gasteiger charge is -2.05. The van der Waals surface area contributed by atoms with Gasteiger partial charge in [0.1, 0.15) is 0 Å². The van der Waals surface area contributed by atoms with Crippen molar-refractivity contribution in [1.29, 1.82) is 0 Å². The molecular weight excluding hydrogens is 284 g/mol. The van der Waals surface area contributed by atoms with Gasteiger partial charge in [0, 0.05) is 18.8 Å². The Balaban J connectivity index is 2.03. The fourth-order valence-electron chi connectivity index (χ4n) is 2.08. The molecule has 0 aromatic carbocycles. The first kappa shape index (κ1) is 13.9.